The minimum absolute atomic E-state index is 0.115. The van der Waals surface area contributed by atoms with Gasteiger partial charge in [0.2, 0.25) is 5.08 Å². The summed E-state index contributed by atoms with van der Waals surface area (Å²) in [5.74, 6) is -2.45. The van der Waals surface area contributed by atoms with Crippen molar-refractivity contribution >= 4 is 20.2 Å². The standard InChI is InChI=1S/C17H11F9O6S2/c1-9-2-10(15(18,19)20)5-13(3-9)31-33(27,28)8-34(29,30)32-14-6-11(16(21,22)23)4-12(7-14)17(24,25)26/h2-7H,8H2,1H3. The smallest absolute Gasteiger partial charge is 0.382 e. The van der Waals surface area contributed by atoms with Crippen LogP contribution in [0.3, 0.4) is 0 Å². The Balaban J connectivity index is 2.34. The van der Waals surface area contributed by atoms with Crippen LogP contribution in [0, 0.1) is 6.92 Å². The zero-order chi connectivity index (χ0) is 26.3. The van der Waals surface area contributed by atoms with Crippen molar-refractivity contribution in [1.29, 1.82) is 0 Å². The van der Waals surface area contributed by atoms with Gasteiger partial charge in [-0.1, -0.05) is 0 Å². The second-order valence-electron chi connectivity index (χ2n) is 6.67. The molecule has 2 aromatic carbocycles. The molecule has 2 rings (SSSR count). The van der Waals surface area contributed by atoms with Crippen LogP contribution in [0.25, 0.3) is 0 Å². The van der Waals surface area contributed by atoms with E-state index in [-0.39, 0.29) is 29.8 Å². The third-order valence-electron chi connectivity index (χ3n) is 3.67. The van der Waals surface area contributed by atoms with Crippen LogP contribution in [-0.2, 0) is 38.8 Å². The first-order chi connectivity index (χ1) is 15.1. The number of aryl methyl sites for hydroxylation is 1. The van der Waals surface area contributed by atoms with E-state index < -0.39 is 72.0 Å². The maximum Gasteiger partial charge on any atom is 0.416 e. The van der Waals surface area contributed by atoms with Gasteiger partial charge in [-0.3, -0.25) is 0 Å². The molecule has 2 aromatic rings. The lowest BCUT2D eigenvalue weighted by Gasteiger charge is -2.15. The van der Waals surface area contributed by atoms with Crippen molar-refractivity contribution in [1.82, 2.24) is 0 Å². The molecular weight excluding hydrogens is 535 g/mol. The van der Waals surface area contributed by atoms with E-state index in [0.717, 1.165) is 13.0 Å². The van der Waals surface area contributed by atoms with E-state index in [1.807, 2.05) is 0 Å². The monoisotopic (exact) mass is 546 g/mol. The summed E-state index contributed by atoms with van der Waals surface area (Å²) in [5, 5.41) is -2.15. The Morgan fingerprint density at radius 1 is 0.588 bits per heavy atom. The Morgan fingerprint density at radius 2 is 0.912 bits per heavy atom. The fourth-order valence-electron chi connectivity index (χ4n) is 2.45. The SMILES string of the molecule is Cc1cc(OS(=O)(=O)CS(=O)(=O)Oc2cc(C(F)(F)F)cc(C(F)(F)F)c2)cc(C(F)(F)F)c1. The quantitative estimate of drug-likeness (QED) is 0.369. The normalized spacial score (nSPS) is 13.6. The zero-order valence-electron chi connectivity index (χ0n) is 16.3. The van der Waals surface area contributed by atoms with Gasteiger partial charge in [-0.05, 0) is 48.9 Å². The Bertz CT molecular complexity index is 1250. The van der Waals surface area contributed by atoms with Crippen LogP contribution < -0.4 is 8.37 Å². The van der Waals surface area contributed by atoms with Gasteiger partial charge >= 0.3 is 38.8 Å². The molecule has 6 nitrogen and oxygen atoms in total. The van der Waals surface area contributed by atoms with Crippen molar-refractivity contribution in [3.8, 4) is 11.5 Å². The van der Waals surface area contributed by atoms with Gasteiger partial charge in [-0.25, -0.2) is 0 Å². The summed E-state index contributed by atoms with van der Waals surface area (Å²) in [5.41, 5.74) is -5.33. The van der Waals surface area contributed by atoms with Gasteiger partial charge in [0.05, 0.1) is 16.7 Å². The lowest BCUT2D eigenvalue weighted by atomic mass is 10.1. The van der Waals surface area contributed by atoms with Crippen molar-refractivity contribution < 1.29 is 64.7 Å². The second-order valence-corrected chi connectivity index (χ2v) is 10.2. The summed E-state index contributed by atoms with van der Waals surface area (Å²) in [7, 11) is -10.7. The Morgan fingerprint density at radius 3 is 1.26 bits per heavy atom. The third-order valence-corrected chi connectivity index (χ3v) is 6.88. The topological polar surface area (TPSA) is 86.7 Å². The van der Waals surface area contributed by atoms with E-state index in [4.69, 9.17) is 0 Å². The van der Waals surface area contributed by atoms with E-state index in [1.165, 1.54) is 0 Å². The molecule has 34 heavy (non-hydrogen) atoms. The number of hydrogen-bond donors (Lipinski definition) is 0. The van der Waals surface area contributed by atoms with Crippen molar-refractivity contribution in [2.75, 3.05) is 5.08 Å². The Labute approximate surface area is 186 Å². The van der Waals surface area contributed by atoms with Crippen molar-refractivity contribution in [2.45, 2.75) is 25.5 Å². The maximum absolute atomic E-state index is 12.9. The van der Waals surface area contributed by atoms with Crippen molar-refractivity contribution in [3.05, 3.63) is 58.7 Å². The molecular formula is C17H11F9O6S2. The molecule has 0 atom stereocenters. The summed E-state index contributed by atoms with van der Waals surface area (Å²) in [4.78, 5) is 0. The number of hydrogen-bond acceptors (Lipinski definition) is 6. The zero-order valence-corrected chi connectivity index (χ0v) is 18.0. The van der Waals surface area contributed by atoms with Crippen LogP contribution in [0.15, 0.2) is 36.4 Å². The minimum atomic E-state index is -5.46. The molecule has 0 radical (unpaired) electrons. The van der Waals surface area contributed by atoms with E-state index >= 15 is 0 Å². The molecule has 0 spiro atoms. The molecule has 0 unspecified atom stereocenters. The lowest BCUT2D eigenvalue weighted by Crippen LogP contribution is -2.25. The van der Waals surface area contributed by atoms with Crippen LogP contribution >= 0.6 is 0 Å². The number of halogens is 9. The number of rotatable bonds is 6. The highest BCUT2D eigenvalue weighted by molar-refractivity contribution is 8.04. The first kappa shape index (κ1) is 27.6. The van der Waals surface area contributed by atoms with Gasteiger partial charge in [-0.15, -0.1) is 0 Å². The predicted molar refractivity (Wildman–Crippen MR) is 96.6 cm³/mol. The number of benzene rings is 2. The summed E-state index contributed by atoms with van der Waals surface area (Å²) < 4.78 is 172. The van der Waals surface area contributed by atoms with Gasteiger partial charge in [0.15, 0.2) is 0 Å². The van der Waals surface area contributed by atoms with Crippen molar-refractivity contribution in [2.24, 2.45) is 0 Å². The molecule has 0 aliphatic carbocycles. The first-order valence-corrected chi connectivity index (χ1v) is 11.6. The average molecular weight is 546 g/mol. The molecule has 0 aliphatic heterocycles. The lowest BCUT2D eigenvalue weighted by molar-refractivity contribution is -0.143. The van der Waals surface area contributed by atoms with E-state index in [2.05, 4.69) is 8.37 Å². The molecule has 0 aromatic heterocycles. The fourth-order valence-corrected chi connectivity index (χ4v) is 5.03. The molecule has 0 saturated heterocycles. The molecule has 190 valence electrons. The van der Waals surface area contributed by atoms with Crippen LogP contribution in [0.2, 0.25) is 0 Å². The molecule has 0 saturated carbocycles. The highest BCUT2D eigenvalue weighted by Crippen LogP contribution is 2.38. The molecule has 0 N–H and O–H groups in total. The summed E-state index contributed by atoms with van der Waals surface area (Å²) in [6.07, 6.45) is -15.6. The predicted octanol–water partition coefficient (Wildman–Crippen LogP) is 5.13. The molecule has 0 heterocycles. The summed E-state index contributed by atoms with van der Waals surface area (Å²) in [6.45, 7) is 1.14. The van der Waals surface area contributed by atoms with Gasteiger partial charge in [-0.2, -0.15) is 56.3 Å². The summed E-state index contributed by atoms with van der Waals surface area (Å²) >= 11 is 0. The van der Waals surface area contributed by atoms with Crippen molar-refractivity contribution in [3.63, 3.8) is 0 Å². The third kappa shape index (κ3) is 7.68. The molecule has 0 aliphatic rings. The largest absolute Gasteiger partial charge is 0.416 e. The number of alkyl halides is 9. The average Bonchev–Trinajstić information content (AvgIpc) is 2.56. The second kappa shape index (κ2) is 8.83. The summed E-state index contributed by atoms with van der Waals surface area (Å²) in [6, 6.07) is 1.12. The van der Waals surface area contributed by atoms with E-state index in [9.17, 15) is 56.3 Å². The van der Waals surface area contributed by atoms with Crippen LogP contribution in [0.1, 0.15) is 22.3 Å². The maximum atomic E-state index is 12.9. The minimum Gasteiger partial charge on any atom is -0.382 e. The Hall–Kier alpha value is -2.69. The van der Waals surface area contributed by atoms with E-state index in [0.29, 0.717) is 6.07 Å². The highest BCUT2D eigenvalue weighted by Gasteiger charge is 2.38. The molecule has 17 heteroatoms. The van der Waals surface area contributed by atoms with Gasteiger partial charge < -0.3 is 8.37 Å². The van der Waals surface area contributed by atoms with Crippen LogP contribution in [-0.4, -0.2) is 21.9 Å². The first-order valence-electron chi connectivity index (χ1n) is 8.40. The van der Waals surface area contributed by atoms with E-state index in [1.54, 1.807) is 0 Å². The molecule has 0 bridgehead atoms. The van der Waals surface area contributed by atoms with Gasteiger partial charge in [0.25, 0.3) is 0 Å². The fraction of sp³-hybridized carbons (Fsp3) is 0.294. The van der Waals surface area contributed by atoms with Gasteiger partial charge in [0, 0.05) is 0 Å². The Kier molecular flexibility index (Phi) is 7.15. The van der Waals surface area contributed by atoms with Crippen LogP contribution in [0.5, 0.6) is 11.5 Å². The molecule has 0 fully saturated rings. The van der Waals surface area contributed by atoms with Crippen LogP contribution in [0.4, 0.5) is 39.5 Å². The van der Waals surface area contributed by atoms with Gasteiger partial charge in [0.1, 0.15) is 11.5 Å². The molecule has 0 amide bonds. The highest BCUT2D eigenvalue weighted by atomic mass is 32.3.